The summed E-state index contributed by atoms with van der Waals surface area (Å²) < 4.78 is 86.4. The third-order valence-electron chi connectivity index (χ3n) is 10.4. The minimum atomic E-state index is -4.81. The van der Waals surface area contributed by atoms with Crippen molar-refractivity contribution in [2.45, 2.75) is 26.2 Å². The molecule has 0 fully saturated rings. The first-order valence-corrected chi connectivity index (χ1v) is 19.9. The number of carbonyl (C=O) groups is 4. The number of halogens is 6. The van der Waals surface area contributed by atoms with Crippen LogP contribution in [0.3, 0.4) is 0 Å². The van der Waals surface area contributed by atoms with Gasteiger partial charge in [-0.05, 0) is 156 Å². The molecule has 0 heterocycles. The average molecular weight is 901 g/mol. The lowest BCUT2D eigenvalue weighted by Gasteiger charge is -2.18. The monoisotopic (exact) mass is 900 g/mol. The number of hydrogen-bond donors (Lipinski definition) is 6. The van der Waals surface area contributed by atoms with Crippen molar-refractivity contribution in [2.75, 3.05) is 32.7 Å². The first kappa shape index (κ1) is 45.6. The summed E-state index contributed by atoms with van der Waals surface area (Å²) in [6.07, 6.45) is -9.60. The Bertz CT molecular complexity index is 3040. The van der Waals surface area contributed by atoms with Crippen LogP contribution < -0.4 is 32.7 Å². The normalized spacial score (nSPS) is 11.4. The van der Waals surface area contributed by atoms with Crippen LogP contribution >= 0.6 is 0 Å². The van der Waals surface area contributed by atoms with Gasteiger partial charge in [-0.25, -0.2) is 0 Å². The summed E-state index contributed by atoms with van der Waals surface area (Å²) in [5, 5.41) is 10.3. The molecule has 0 aliphatic carbocycles. The van der Waals surface area contributed by atoms with Gasteiger partial charge in [-0.3, -0.25) is 19.2 Å². The van der Waals surface area contributed by atoms with Crippen molar-refractivity contribution in [3.05, 3.63) is 190 Å². The first-order chi connectivity index (χ1) is 31.2. The second-order valence-corrected chi connectivity index (χ2v) is 15.2. The number of hydrogen-bond acceptors (Lipinski definition) is 6. The van der Waals surface area contributed by atoms with Crippen LogP contribution in [-0.2, 0) is 12.4 Å². The Kier molecular flexibility index (Phi) is 12.7. The van der Waals surface area contributed by atoms with Crippen molar-refractivity contribution in [3.63, 3.8) is 0 Å². The second-order valence-electron chi connectivity index (χ2n) is 15.2. The molecule has 66 heavy (non-hydrogen) atoms. The van der Waals surface area contributed by atoms with Gasteiger partial charge in [0.05, 0.1) is 11.1 Å². The average Bonchev–Trinajstić information content (AvgIpc) is 3.26. The topological polar surface area (TPSA) is 168 Å². The molecule has 7 aromatic rings. The highest BCUT2D eigenvalue weighted by Crippen LogP contribution is 2.42. The number of carbonyl (C=O) groups excluding carboxylic acids is 4. The number of benzene rings is 7. The molecule has 0 bridgehead atoms. The molecule has 16 heteroatoms. The van der Waals surface area contributed by atoms with E-state index in [0.717, 1.165) is 12.1 Å². The lowest BCUT2D eigenvalue weighted by molar-refractivity contribution is -0.137. The Balaban J connectivity index is 1.01. The molecule has 0 aromatic heterocycles. The second kappa shape index (κ2) is 18.4. The van der Waals surface area contributed by atoms with Crippen LogP contribution in [0.5, 0.6) is 0 Å². The van der Waals surface area contributed by atoms with Crippen LogP contribution in [0, 0.1) is 13.8 Å². The molecule has 0 atom stereocenters. The SMILES string of the molecule is Cc1cc(NC(=O)c2cccc(N)c2)ccc1-c1ccc(NC(=O)c2ccc(C(=O)Nc3ccc(-c4ccc(NC(=O)c5cccc(N)c5)cc4C(F)(F)F)c(C)c3)cc2)cc1C(F)(F)F. The number of anilines is 6. The zero-order valence-corrected chi connectivity index (χ0v) is 34.9. The van der Waals surface area contributed by atoms with E-state index in [0.29, 0.717) is 33.8 Å². The lowest BCUT2D eigenvalue weighted by atomic mass is 9.94. The largest absolute Gasteiger partial charge is 0.417 e. The van der Waals surface area contributed by atoms with Gasteiger partial charge in [-0.15, -0.1) is 0 Å². The van der Waals surface area contributed by atoms with E-state index in [-0.39, 0.29) is 56.0 Å². The third kappa shape index (κ3) is 10.5. The number of nitrogen functional groups attached to an aromatic ring is 2. The molecule has 0 aliphatic rings. The van der Waals surface area contributed by atoms with Crippen LogP contribution in [0.4, 0.5) is 60.5 Å². The predicted molar refractivity (Wildman–Crippen MR) is 243 cm³/mol. The highest BCUT2D eigenvalue weighted by molar-refractivity contribution is 6.08. The molecule has 0 radical (unpaired) electrons. The molecule has 0 unspecified atom stereocenters. The van der Waals surface area contributed by atoms with Gasteiger partial charge in [0, 0.05) is 56.4 Å². The van der Waals surface area contributed by atoms with E-state index in [9.17, 15) is 45.5 Å². The number of nitrogens with two attached hydrogens (primary N) is 2. The van der Waals surface area contributed by atoms with Gasteiger partial charge in [-0.1, -0.05) is 36.4 Å². The molecule has 7 aromatic carbocycles. The van der Waals surface area contributed by atoms with Gasteiger partial charge in [0.25, 0.3) is 23.6 Å². The maximum atomic E-state index is 14.5. The van der Waals surface area contributed by atoms with E-state index >= 15 is 0 Å². The van der Waals surface area contributed by atoms with E-state index in [4.69, 9.17) is 11.5 Å². The molecular formula is C50H38F6N6O4. The molecule has 8 N–H and O–H groups in total. The molecular weight excluding hydrogens is 863 g/mol. The number of alkyl halides is 6. The van der Waals surface area contributed by atoms with Crippen LogP contribution in [0.15, 0.2) is 146 Å². The van der Waals surface area contributed by atoms with Crippen molar-refractivity contribution in [1.29, 1.82) is 0 Å². The summed E-state index contributed by atoms with van der Waals surface area (Å²) in [4.78, 5) is 51.8. The van der Waals surface area contributed by atoms with Gasteiger partial charge in [0.2, 0.25) is 0 Å². The first-order valence-electron chi connectivity index (χ1n) is 19.9. The zero-order valence-electron chi connectivity index (χ0n) is 34.9. The van der Waals surface area contributed by atoms with E-state index in [1.165, 1.54) is 97.1 Å². The van der Waals surface area contributed by atoms with Gasteiger partial charge in [0.1, 0.15) is 0 Å². The highest BCUT2D eigenvalue weighted by Gasteiger charge is 2.36. The molecule has 0 aliphatic heterocycles. The molecule has 0 saturated carbocycles. The van der Waals surface area contributed by atoms with Crippen molar-refractivity contribution < 1.29 is 45.5 Å². The maximum Gasteiger partial charge on any atom is 0.417 e. The number of aryl methyl sites for hydroxylation is 2. The van der Waals surface area contributed by atoms with Crippen LogP contribution in [0.25, 0.3) is 22.3 Å². The fraction of sp³-hybridized carbons (Fsp3) is 0.0800. The minimum Gasteiger partial charge on any atom is -0.399 e. The molecule has 0 spiro atoms. The third-order valence-corrected chi connectivity index (χ3v) is 10.4. The lowest BCUT2D eigenvalue weighted by Crippen LogP contribution is -2.15. The molecule has 4 amide bonds. The molecule has 334 valence electrons. The van der Waals surface area contributed by atoms with Crippen molar-refractivity contribution in [2.24, 2.45) is 0 Å². The van der Waals surface area contributed by atoms with Crippen LogP contribution in [0.2, 0.25) is 0 Å². The van der Waals surface area contributed by atoms with E-state index in [1.807, 2.05) is 0 Å². The number of nitrogens with one attached hydrogen (secondary N) is 4. The standard InChI is InChI=1S/C50H38F6N6O4/c1-27-21-35(13-17-39(27)42-20-16-38(26-44(42)50(54,55)56)62-48(66)32-6-4-8-34(58)24-32)59-45(63)29-9-11-30(12-10-29)46(64)61-37-15-19-41(43(25-37)49(51,52)53)40-18-14-36(22-28(40)2)60-47(65)31-5-3-7-33(57)23-31/h3-26H,57-58H2,1-2H3,(H,59,63)(H,60,65)(H,61,64)(H,62,66). The van der Waals surface area contributed by atoms with Crippen molar-refractivity contribution in [3.8, 4) is 22.3 Å². The van der Waals surface area contributed by atoms with E-state index in [1.54, 1.807) is 50.2 Å². The smallest absolute Gasteiger partial charge is 0.399 e. The van der Waals surface area contributed by atoms with E-state index < -0.39 is 47.1 Å². The zero-order chi connectivity index (χ0) is 47.5. The highest BCUT2D eigenvalue weighted by atomic mass is 19.4. The minimum absolute atomic E-state index is 0.0341. The summed E-state index contributed by atoms with van der Waals surface area (Å²) >= 11 is 0. The van der Waals surface area contributed by atoms with E-state index in [2.05, 4.69) is 21.3 Å². The summed E-state index contributed by atoms with van der Waals surface area (Å²) in [5.74, 6) is -2.44. The van der Waals surface area contributed by atoms with Crippen LogP contribution in [0.1, 0.15) is 63.7 Å². The van der Waals surface area contributed by atoms with Crippen LogP contribution in [-0.4, -0.2) is 23.6 Å². The van der Waals surface area contributed by atoms with Gasteiger partial charge in [0.15, 0.2) is 0 Å². The molecule has 10 nitrogen and oxygen atoms in total. The van der Waals surface area contributed by atoms with Gasteiger partial charge in [-0.2, -0.15) is 26.3 Å². The summed E-state index contributed by atoms with van der Waals surface area (Å²) in [6, 6.07) is 33.3. The molecule has 7 rings (SSSR count). The Morgan fingerprint density at radius 3 is 0.985 bits per heavy atom. The van der Waals surface area contributed by atoms with Gasteiger partial charge < -0.3 is 32.7 Å². The Morgan fingerprint density at radius 1 is 0.379 bits per heavy atom. The number of rotatable bonds is 10. The summed E-state index contributed by atoms with van der Waals surface area (Å²) in [7, 11) is 0. The fourth-order valence-electron chi connectivity index (χ4n) is 7.22. The predicted octanol–water partition coefficient (Wildman–Crippen LogP) is 11.8. The number of amides is 4. The molecule has 0 saturated heterocycles. The fourth-order valence-corrected chi connectivity index (χ4v) is 7.22. The quantitative estimate of drug-likeness (QED) is 0.0590. The Labute approximate surface area is 373 Å². The van der Waals surface area contributed by atoms with Crippen molar-refractivity contribution in [1.82, 2.24) is 0 Å². The Hall–Kier alpha value is -8.40. The Morgan fingerprint density at radius 2 is 0.682 bits per heavy atom. The van der Waals surface area contributed by atoms with Gasteiger partial charge >= 0.3 is 12.4 Å². The van der Waals surface area contributed by atoms with Crippen molar-refractivity contribution >= 4 is 57.8 Å². The summed E-state index contributed by atoms with van der Waals surface area (Å²) in [5.41, 5.74) is 12.2. The maximum absolute atomic E-state index is 14.5. The summed E-state index contributed by atoms with van der Waals surface area (Å²) in [6.45, 7) is 3.18.